The standard InChI is InChI=1S/C21H22Cl2N4O2S2/c1-5-15-9-16(20(28)29-4)19(31-15)25-21(30)24-18-11(2)26-27(12(18)3)10-13-6-7-14(22)8-17(13)23/h6-9H,5,10H2,1-4H3,(H2,24,25,30). The zero-order valence-corrected chi connectivity index (χ0v) is 20.7. The molecule has 0 fully saturated rings. The SMILES string of the molecule is CCc1cc(C(=O)OC)c(NC(=S)Nc2c(C)nn(Cc3ccc(Cl)cc3Cl)c2C)s1. The Labute approximate surface area is 200 Å². The molecule has 2 N–H and O–H groups in total. The number of aryl methyl sites for hydroxylation is 2. The number of carbonyl (C=O) groups is 1. The summed E-state index contributed by atoms with van der Waals surface area (Å²) >= 11 is 19.3. The molecule has 0 spiro atoms. The molecule has 1 aromatic carbocycles. The lowest BCUT2D eigenvalue weighted by Gasteiger charge is -2.11. The third kappa shape index (κ3) is 5.38. The first-order chi connectivity index (χ1) is 14.7. The van der Waals surface area contributed by atoms with Gasteiger partial charge in [-0.15, -0.1) is 11.3 Å². The first kappa shape index (κ1) is 23.5. The number of esters is 1. The molecule has 0 saturated heterocycles. The van der Waals surface area contributed by atoms with E-state index in [-0.39, 0.29) is 0 Å². The monoisotopic (exact) mass is 496 g/mol. The lowest BCUT2D eigenvalue weighted by Crippen LogP contribution is -2.20. The van der Waals surface area contributed by atoms with Gasteiger partial charge in [0.1, 0.15) is 5.00 Å². The predicted octanol–water partition coefficient (Wildman–Crippen LogP) is 6.07. The van der Waals surface area contributed by atoms with Crippen LogP contribution in [0, 0.1) is 13.8 Å². The smallest absolute Gasteiger partial charge is 0.340 e. The van der Waals surface area contributed by atoms with Crippen LogP contribution in [0.4, 0.5) is 10.7 Å². The first-order valence-corrected chi connectivity index (χ1v) is 11.5. The highest BCUT2D eigenvalue weighted by Crippen LogP contribution is 2.30. The van der Waals surface area contributed by atoms with E-state index in [4.69, 9.17) is 40.2 Å². The van der Waals surface area contributed by atoms with Gasteiger partial charge in [-0.05, 0) is 56.2 Å². The van der Waals surface area contributed by atoms with E-state index in [0.717, 1.165) is 33.9 Å². The second kappa shape index (κ2) is 9.99. The Kier molecular flexibility index (Phi) is 7.59. The molecule has 0 radical (unpaired) electrons. The lowest BCUT2D eigenvalue weighted by molar-refractivity contribution is 0.0602. The van der Waals surface area contributed by atoms with Crippen LogP contribution >= 0.6 is 46.8 Å². The maximum atomic E-state index is 12.1. The van der Waals surface area contributed by atoms with Gasteiger partial charge in [0.05, 0.1) is 36.3 Å². The van der Waals surface area contributed by atoms with E-state index < -0.39 is 5.97 Å². The fourth-order valence-corrected chi connectivity index (χ4v) is 4.79. The number of anilines is 2. The Morgan fingerprint density at radius 3 is 2.65 bits per heavy atom. The average Bonchev–Trinajstić information content (AvgIpc) is 3.25. The number of aromatic nitrogens is 2. The van der Waals surface area contributed by atoms with Gasteiger partial charge < -0.3 is 15.4 Å². The van der Waals surface area contributed by atoms with Crippen molar-refractivity contribution in [2.75, 3.05) is 17.7 Å². The van der Waals surface area contributed by atoms with Crippen molar-refractivity contribution in [1.82, 2.24) is 9.78 Å². The Morgan fingerprint density at radius 2 is 2.00 bits per heavy atom. The van der Waals surface area contributed by atoms with Gasteiger partial charge >= 0.3 is 5.97 Å². The van der Waals surface area contributed by atoms with E-state index >= 15 is 0 Å². The lowest BCUT2D eigenvalue weighted by atomic mass is 10.2. The molecule has 0 atom stereocenters. The Hall–Kier alpha value is -2.13. The van der Waals surface area contributed by atoms with Crippen molar-refractivity contribution >= 4 is 68.5 Å². The van der Waals surface area contributed by atoms with Gasteiger partial charge in [0.25, 0.3) is 0 Å². The van der Waals surface area contributed by atoms with E-state index in [9.17, 15) is 4.79 Å². The summed E-state index contributed by atoms with van der Waals surface area (Å²) in [5.41, 5.74) is 3.88. The third-order valence-electron chi connectivity index (χ3n) is 4.72. The molecule has 0 aliphatic heterocycles. The minimum absolute atomic E-state index is 0.366. The third-order valence-corrected chi connectivity index (χ3v) is 6.71. The minimum atomic E-state index is -0.402. The largest absolute Gasteiger partial charge is 0.465 e. The molecule has 0 aliphatic carbocycles. The summed E-state index contributed by atoms with van der Waals surface area (Å²) in [4.78, 5) is 13.1. The first-order valence-electron chi connectivity index (χ1n) is 9.50. The van der Waals surface area contributed by atoms with E-state index in [1.165, 1.54) is 18.4 Å². The maximum Gasteiger partial charge on any atom is 0.340 e. The van der Waals surface area contributed by atoms with Gasteiger partial charge in [0.15, 0.2) is 5.11 Å². The van der Waals surface area contributed by atoms with Crippen LogP contribution in [0.2, 0.25) is 10.0 Å². The molecule has 31 heavy (non-hydrogen) atoms. The zero-order chi connectivity index (χ0) is 22.7. The summed E-state index contributed by atoms with van der Waals surface area (Å²) in [5, 5.41) is 13.1. The molecule has 2 heterocycles. The summed E-state index contributed by atoms with van der Waals surface area (Å²) < 4.78 is 6.74. The van der Waals surface area contributed by atoms with Crippen molar-refractivity contribution in [2.24, 2.45) is 0 Å². The second-order valence-electron chi connectivity index (χ2n) is 6.82. The molecule has 0 saturated carbocycles. The van der Waals surface area contributed by atoms with Gasteiger partial charge in [0, 0.05) is 14.9 Å². The highest BCUT2D eigenvalue weighted by molar-refractivity contribution is 7.80. The summed E-state index contributed by atoms with van der Waals surface area (Å²) in [6.45, 7) is 6.39. The second-order valence-corrected chi connectivity index (χ2v) is 9.21. The molecule has 0 bridgehead atoms. The van der Waals surface area contributed by atoms with Crippen LogP contribution in [0.5, 0.6) is 0 Å². The number of thiophene rings is 1. The van der Waals surface area contributed by atoms with Crippen LogP contribution in [-0.2, 0) is 17.7 Å². The van der Waals surface area contributed by atoms with Crippen molar-refractivity contribution in [1.29, 1.82) is 0 Å². The molecule has 6 nitrogen and oxygen atoms in total. The van der Waals surface area contributed by atoms with Gasteiger partial charge in [-0.2, -0.15) is 5.10 Å². The quantitative estimate of drug-likeness (QED) is 0.318. The van der Waals surface area contributed by atoms with E-state index in [1.807, 2.05) is 37.6 Å². The molecule has 3 aromatic rings. The molecule has 10 heteroatoms. The molecular weight excluding hydrogens is 475 g/mol. The van der Waals surface area contributed by atoms with Gasteiger partial charge in [-0.25, -0.2) is 4.79 Å². The summed E-state index contributed by atoms with van der Waals surface area (Å²) in [6, 6.07) is 7.23. The summed E-state index contributed by atoms with van der Waals surface area (Å²) in [7, 11) is 1.36. The van der Waals surface area contributed by atoms with Crippen molar-refractivity contribution in [3.05, 3.63) is 61.7 Å². The maximum absolute atomic E-state index is 12.1. The minimum Gasteiger partial charge on any atom is -0.465 e. The number of halogens is 2. The number of rotatable bonds is 6. The van der Waals surface area contributed by atoms with Crippen LogP contribution in [-0.4, -0.2) is 28.0 Å². The Balaban J connectivity index is 1.78. The highest BCUT2D eigenvalue weighted by atomic mass is 35.5. The Morgan fingerprint density at radius 1 is 1.26 bits per heavy atom. The number of nitrogens with zero attached hydrogens (tertiary/aromatic N) is 2. The normalized spacial score (nSPS) is 10.8. The molecule has 0 aliphatic rings. The van der Waals surface area contributed by atoms with Crippen LogP contribution in [0.15, 0.2) is 24.3 Å². The number of benzene rings is 1. The molecule has 2 aromatic heterocycles. The Bertz CT molecular complexity index is 1140. The van der Waals surface area contributed by atoms with E-state index in [2.05, 4.69) is 15.7 Å². The fourth-order valence-electron chi connectivity index (χ4n) is 3.06. The number of ether oxygens (including phenoxy) is 1. The molecule has 164 valence electrons. The topological polar surface area (TPSA) is 68.2 Å². The molecule has 0 unspecified atom stereocenters. The van der Waals surface area contributed by atoms with Crippen LogP contribution in [0.3, 0.4) is 0 Å². The number of hydrogen-bond acceptors (Lipinski definition) is 5. The molecule has 3 rings (SSSR count). The summed E-state index contributed by atoms with van der Waals surface area (Å²) in [5.74, 6) is -0.402. The van der Waals surface area contributed by atoms with Crippen molar-refractivity contribution in [3.63, 3.8) is 0 Å². The van der Waals surface area contributed by atoms with Gasteiger partial charge in [-0.3, -0.25) is 4.68 Å². The van der Waals surface area contributed by atoms with Crippen LogP contribution in [0.25, 0.3) is 0 Å². The molecular formula is C21H22Cl2N4O2S2. The number of thiocarbonyl (C=S) groups is 1. The van der Waals surface area contributed by atoms with Crippen molar-refractivity contribution in [3.8, 4) is 0 Å². The fraction of sp³-hybridized carbons (Fsp3) is 0.286. The van der Waals surface area contributed by atoms with E-state index in [0.29, 0.717) is 32.3 Å². The number of hydrogen-bond donors (Lipinski definition) is 2. The summed E-state index contributed by atoms with van der Waals surface area (Å²) in [6.07, 6.45) is 0.814. The van der Waals surface area contributed by atoms with Crippen LogP contribution in [0.1, 0.15) is 39.1 Å². The van der Waals surface area contributed by atoms with Crippen LogP contribution < -0.4 is 10.6 Å². The average molecular weight is 497 g/mol. The van der Waals surface area contributed by atoms with Crippen molar-refractivity contribution < 1.29 is 9.53 Å². The number of carbonyl (C=O) groups excluding carboxylic acids is 1. The highest BCUT2D eigenvalue weighted by Gasteiger charge is 2.19. The van der Waals surface area contributed by atoms with Gasteiger partial charge in [0.2, 0.25) is 0 Å². The van der Waals surface area contributed by atoms with Crippen molar-refractivity contribution in [2.45, 2.75) is 33.7 Å². The predicted molar refractivity (Wildman–Crippen MR) is 132 cm³/mol. The number of methoxy groups -OCH3 is 1. The number of nitrogens with one attached hydrogen (secondary N) is 2. The van der Waals surface area contributed by atoms with Gasteiger partial charge in [-0.1, -0.05) is 36.2 Å². The molecule has 0 amide bonds. The zero-order valence-electron chi connectivity index (χ0n) is 17.5. The van der Waals surface area contributed by atoms with E-state index in [1.54, 1.807) is 12.1 Å².